The van der Waals surface area contributed by atoms with E-state index >= 15 is 0 Å². The number of rotatable bonds is 24. The number of carboxylic acid groups (broad SMARTS) is 1. The Balaban J connectivity index is 1.79. The SMILES string of the molecule is CC[C@H](C)[C@H](NC(=O)[C@H](C(C)C)N(C)C(=O)CCCN1C(=O)C=CC1=O)C(=O)N(C)[C@H](C[C@@H](OC(C)=O)c1nc(C(=O)N[C@@H](Cc2ccccc2)CC(C)C(=O)O)cs1)C(C)C. The summed E-state index contributed by atoms with van der Waals surface area (Å²) < 4.78 is 5.77. The fourth-order valence-corrected chi connectivity index (χ4v) is 8.36. The van der Waals surface area contributed by atoms with E-state index in [0.29, 0.717) is 17.8 Å². The van der Waals surface area contributed by atoms with E-state index in [-0.39, 0.29) is 67.5 Å². The van der Waals surface area contributed by atoms with Crippen molar-refractivity contribution in [1.29, 1.82) is 0 Å². The number of benzene rings is 1. The number of likely N-dealkylation sites (N-methyl/N-ethyl adjacent to an activating group) is 2. The van der Waals surface area contributed by atoms with Gasteiger partial charge in [0.2, 0.25) is 17.7 Å². The summed E-state index contributed by atoms with van der Waals surface area (Å²) in [6, 6.07) is 6.48. The van der Waals surface area contributed by atoms with Gasteiger partial charge in [0.1, 0.15) is 22.8 Å². The molecule has 340 valence electrons. The normalized spacial score (nSPS) is 16.0. The smallest absolute Gasteiger partial charge is 0.306 e. The topological polar surface area (TPSA) is 213 Å². The van der Waals surface area contributed by atoms with Crippen LogP contribution in [0.1, 0.15) is 115 Å². The molecule has 0 radical (unpaired) electrons. The van der Waals surface area contributed by atoms with Crippen molar-refractivity contribution in [3.63, 3.8) is 0 Å². The van der Waals surface area contributed by atoms with E-state index in [1.807, 2.05) is 58.0 Å². The van der Waals surface area contributed by atoms with Crippen molar-refractivity contribution in [3.8, 4) is 0 Å². The lowest BCUT2D eigenvalue weighted by Crippen LogP contribution is -2.59. The van der Waals surface area contributed by atoms with Crippen molar-refractivity contribution in [2.75, 3.05) is 20.6 Å². The van der Waals surface area contributed by atoms with Crippen molar-refractivity contribution in [2.45, 2.75) is 124 Å². The fraction of sp³-hybridized carbons (Fsp3) is 0.578. The highest BCUT2D eigenvalue weighted by Gasteiger charge is 2.38. The predicted octanol–water partition coefficient (Wildman–Crippen LogP) is 4.79. The minimum absolute atomic E-state index is 0.00774. The Hall–Kier alpha value is -5.45. The third-order valence-corrected chi connectivity index (χ3v) is 12.2. The lowest BCUT2D eigenvalue weighted by atomic mass is 9.92. The second kappa shape index (κ2) is 23.7. The van der Waals surface area contributed by atoms with Crippen LogP contribution in [0.4, 0.5) is 0 Å². The number of nitrogens with zero attached hydrogens (tertiary/aromatic N) is 4. The molecule has 1 aromatic heterocycles. The van der Waals surface area contributed by atoms with Crippen LogP contribution in [-0.2, 0) is 44.7 Å². The van der Waals surface area contributed by atoms with Crippen LogP contribution < -0.4 is 10.6 Å². The molecule has 1 aliphatic rings. The maximum Gasteiger partial charge on any atom is 0.306 e. The van der Waals surface area contributed by atoms with Crippen molar-refractivity contribution < 1.29 is 48.2 Å². The Labute approximate surface area is 368 Å². The molecule has 0 saturated heterocycles. The van der Waals surface area contributed by atoms with E-state index in [9.17, 15) is 43.5 Å². The van der Waals surface area contributed by atoms with Crippen molar-refractivity contribution in [3.05, 3.63) is 64.1 Å². The number of aromatic nitrogens is 1. The number of carboxylic acids is 1. The second-order valence-electron chi connectivity index (χ2n) is 16.8. The number of carbonyl (C=O) groups excluding carboxylic acids is 7. The number of hydrogen-bond donors (Lipinski definition) is 3. The number of carbonyl (C=O) groups is 8. The molecule has 1 aliphatic heterocycles. The number of ether oxygens (including phenoxy) is 1. The molecule has 1 aromatic carbocycles. The zero-order valence-electron chi connectivity index (χ0n) is 37.6. The first-order valence-corrected chi connectivity index (χ1v) is 22.1. The molecule has 0 fully saturated rings. The summed E-state index contributed by atoms with van der Waals surface area (Å²) in [5.74, 6) is -5.70. The molecule has 0 saturated carbocycles. The summed E-state index contributed by atoms with van der Waals surface area (Å²) in [6.45, 7) is 14.1. The van der Waals surface area contributed by atoms with E-state index in [1.54, 1.807) is 38.1 Å². The van der Waals surface area contributed by atoms with E-state index in [0.717, 1.165) is 21.8 Å². The Kier molecular flexibility index (Phi) is 19.4. The van der Waals surface area contributed by atoms with E-state index < -0.39 is 71.8 Å². The summed E-state index contributed by atoms with van der Waals surface area (Å²) in [7, 11) is 3.15. The Morgan fingerprint density at radius 2 is 1.52 bits per heavy atom. The lowest BCUT2D eigenvalue weighted by molar-refractivity contribution is -0.149. The Bertz CT molecular complexity index is 1920. The van der Waals surface area contributed by atoms with Crippen molar-refractivity contribution >= 4 is 58.7 Å². The first-order chi connectivity index (χ1) is 29.2. The van der Waals surface area contributed by atoms with Crippen LogP contribution in [0.2, 0.25) is 0 Å². The molecule has 16 nitrogen and oxygen atoms in total. The number of aliphatic carboxylic acids is 1. The van der Waals surface area contributed by atoms with Gasteiger partial charge in [-0.15, -0.1) is 11.3 Å². The fourth-order valence-electron chi connectivity index (χ4n) is 7.52. The van der Waals surface area contributed by atoms with E-state index in [4.69, 9.17) is 4.74 Å². The lowest BCUT2D eigenvalue weighted by Gasteiger charge is -2.38. The largest absolute Gasteiger partial charge is 0.481 e. The first kappa shape index (κ1) is 50.9. The predicted molar refractivity (Wildman–Crippen MR) is 233 cm³/mol. The van der Waals surface area contributed by atoms with Gasteiger partial charge >= 0.3 is 11.9 Å². The monoisotopic (exact) mass is 880 g/mol. The Morgan fingerprint density at radius 3 is 2.06 bits per heavy atom. The van der Waals surface area contributed by atoms with Crippen LogP contribution >= 0.6 is 11.3 Å². The summed E-state index contributed by atoms with van der Waals surface area (Å²) in [4.78, 5) is 112. The average Bonchev–Trinajstić information content (AvgIpc) is 3.83. The highest BCUT2D eigenvalue weighted by molar-refractivity contribution is 7.09. The molecule has 1 unspecified atom stereocenters. The van der Waals surface area contributed by atoms with E-state index in [1.165, 1.54) is 31.0 Å². The number of imide groups is 1. The van der Waals surface area contributed by atoms with Gasteiger partial charge in [-0.1, -0.05) is 85.2 Å². The number of amides is 6. The van der Waals surface area contributed by atoms with Crippen molar-refractivity contribution in [1.82, 2.24) is 30.3 Å². The van der Waals surface area contributed by atoms with Gasteiger partial charge < -0.3 is 30.3 Å². The standard InChI is InChI=1S/C45H64N6O10S/c1-11-28(6)39(48-42(57)40(27(4)5)50(10)36(53)18-15-21-51-37(54)19-20-38(51)55)44(58)49(9)34(26(2)3)24-35(61-30(8)52)43-47-33(25-62-43)41(56)46-32(22-29(7)45(59)60)23-31-16-13-12-14-17-31/h12-14,16-17,19-20,25-29,32,34-35,39-40H,11,15,18,21-24H2,1-10H3,(H,46,56)(H,48,57)(H,59,60)/t28-,29?,32+,34+,35+,39-,40-/m0/s1. The zero-order valence-corrected chi connectivity index (χ0v) is 38.4. The number of thiazole rings is 1. The minimum Gasteiger partial charge on any atom is -0.481 e. The highest BCUT2D eigenvalue weighted by Crippen LogP contribution is 2.31. The first-order valence-electron chi connectivity index (χ1n) is 21.2. The summed E-state index contributed by atoms with van der Waals surface area (Å²) in [5, 5.41) is 17.4. The Morgan fingerprint density at radius 1 is 0.887 bits per heavy atom. The molecule has 0 aliphatic carbocycles. The molecular weight excluding hydrogens is 817 g/mol. The van der Waals surface area contributed by atoms with Gasteiger partial charge in [-0.2, -0.15) is 0 Å². The van der Waals surface area contributed by atoms with Crippen LogP contribution in [0.25, 0.3) is 0 Å². The third-order valence-electron chi connectivity index (χ3n) is 11.3. The average molecular weight is 881 g/mol. The molecule has 62 heavy (non-hydrogen) atoms. The molecule has 17 heteroatoms. The molecule has 0 spiro atoms. The quantitative estimate of drug-likeness (QED) is 0.0964. The van der Waals surface area contributed by atoms with Gasteiger partial charge in [-0.25, -0.2) is 4.98 Å². The van der Waals surface area contributed by atoms with Gasteiger partial charge in [0.25, 0.3) is 17.7 Å². The highest BCUT2D eigenvalue weighted by atomic mass is 32.1. The van der Waals surface area contributed by atoms with Gasteiger partial charge in [0, 0.05) is 70.0 Å². The van der Waals surface area contributed by atoms with Crippen LogP contribution in [0.5, 0.6) is 0 Å². The van der Waals surface area contributed by atoms with Crippen LogP contribution in [0.15, 0.2) is 47.9 Å². The third kappa shape index (κ3) is 14.3. The molecule has 6 amide bonds. The van der Waals surface area contributed by atoms with Gasteiger partial charge in [-0.3, -0.25) is 43.3 Å². The molecule has 3 rings (SSSR count). The number of hydrogen-bond acceptors (Lipinski definition) is 11. The van der Waals surface area contributed by atoms with Crippen LogP contribution in [0.3, 0.4) is 0 Å². The second-order valence-corrected chi connectivity index (χ2v) is 17.7. The number of esters is 1. The maximum absolute atomic E-state index is 14.5. The molecule has 3 N–H and O–H groups in total. The summed E-state index contributed by atoms with van der Waals surface area (Å²) in [5.41, 5.74) is 1.00. The molecule has 2 aromatic rings. The van der Waals surface area contributed by atoms with E-state index in [2.05, 4.69) is 15.6 Å². The minimum atomic E-state index is -0.975. The van der Waals surface area contributed by atoms with Crippen molar-refractivity contribution in [2.24, 2.45) is 23.7 Å². The van der Waals surface area contributed by atoms with Gasteiger partial charge in [0.15, 0.2) is 6.10 Å². The van der Waals surface area contributed by atoms with Gasteiger partial charge in [0.05, 0.1) is 5.92 Å². The molecular formula is C45H64N6O10S. The number of nitrogens with one attached hydrogen (secondary N) is 2. The molecule has 0 bridgehead atoms. The molecule has 7 atom stereocenters. The molecule has 2 heterocycles. The van der Waals surface area contributed by atoms with Crippen LogP contribution in [0, 0.1) is 23.7 Å². The van der Waals surface area contributed by atoms with Crippen LogP contribution in [-0.4, -0.2) is 117 Å². The zero-order chi connectivity index (χ0) is 46.4. The van der Waals surface area contributed by atoms with Gasteiger partial charge in [-0.05, 0) is 42.6 Å². The maximum atomic E-state index is 14.5. The summed E-state index contributed by atoms with van der Waals surface area (Å²) in [6.07, 6.45) is 2.90. The summed E-state index contributed by atoms with van der Waals surface area (Å²) >= 11 is 1.13.